The van der Waals surface area contributed by atoms with E-state index >= 15 is 0 Å². The maximum Gasteiger partial charge on any atom is 0.0615 e. The lowest BCUT2D eigenvalue weighted by molar-refractivity contribution is 0.101. The van der Waals surface area contributed by atoms with E-state index in [-0.39, 0.29) is 0 Å². The van der Waals surface area contributed by atoms with Crippen molar-refractivity contribution in [1.82, 2.24) is 5.32 Å². The highest BCUT2D eigenvalue weighted by molar-refractivity contribution is 4.67. The molecule has 1 saturated heterocycles. The molecule has 2 unspecified atom stereocenters. The van der Waals surface area contributed by atoms with Crippen LogP contribution in [0.15, 0.2) is 0 Å². The highest BCUT2D eigenvalue weighted by Gasteiger charge is 2.14. The number of hydrogen-bond acceptors (Lipinski definition) is 3. The van der Waals surface area contributed by atoms with Gasteiger partial charge in [-0.05, 0) is 32.7 Å². The molecule has 0 saturated carbocycles. The van der Waals surface area contributed by atoms with E-state index in [9.17, 15) is 0 Å². The minimum absolute atomic E-state index is 0.513. The molecule has 0 spiro atoms. The van der Waals surface area contributed by atoms with E-state index in [0.29, 0.717) is 12.1 Å². The predicted molar refractivity (Wildman–Crippen MR) is 62.2 cm³/mol. The van der Waals surface area contributed by atoms with Crippen LogP contribution in [0.2, 0.25) is 0 Å². The average Bonchev–Trinajstić information content (AvgIpc) is 2.75. The molecule has 0 bridgehead atoms. The highest BCUT2D eigenvalue weighted by Crippen LogP contribution is 2.18. The zero-order valence-electron chi connectivity index (χ0n) is 10.1. The lowest BCUT2D eigenvalue weighted by Crippen LogP contribution is -2.29. The number of nitrogens with one attached hydrogen (secondary N) is 1. The highest BCUT2D eigenvalue weighted by atomic mass is 16.5. The summed E-state index contributed by atoms with van der Waals surface area (Å²) in [7, 11) is 3.76. The third kappa shape index (κ3) is 5.50. The van der Waals surface area contributed by atoms with Gasteiger partial charge in [0.05, 0.1) is 12.7 Å². The molecule has 0 aromatic rings. The van der Waals surface area contributed by atoms with Gasteiger partial charge in [-0.15, -0.1) is 0 Å². The second-order valence-electron chi connectivity index (χ2n) is 4.36. The van der Waals surface area contributed by atoms with Crippen LogP contribution in [0.1, 0.15) is 38.5 Å². The maximum absolute atomic E-state index is 5.59. The molecule has 1 aliphatic heterocycles. The third-order valence-electron chi connectivity index (χ3n) is 3.13. The first-order valence-electron chi connectivity index (χ1n) is 6.14. The topological polar surface area (TPSA) is 30.5 Å². The summed E-state index contributed by atoms with van der Waals surface area (Å²) >= 11 is 0. The normalized spacial score (nSPS) is 23.2. The van der Waals surface area contributed by atoms with E-state index in [0.717, 1.165) is 13.2 Å². The molecule has 90 valence electrons. The van der Waals surface area contributed by atoms with E-state index in [1.807, 2.05) is 7.05 Å². The first kappa shape index (κ1) is 12.9. The zero-order chi connectivity index (χ0) is 10.9. The molecule has 1 N–H and O–H groups in total. The SMILES string of the molecule is CNC(CCCCC1CCCO1)COC. The number of hydrogen-bond donors (Lipinski definition) is 1. The molecule has 0 radical (unpaired) electrons. The van der Waals surface area contributed by atoms with Crippen LogP contribution in [0.3, 0.4) is 0 Å². The summed E-state index contributed by atoms with van der Waals surface area (Å²) < 4.78 is 10.7. The van der Waals surface area contributed by atoms with E-state index in [4.69, 9.17) is 9.47 Å². The van der Waals surface area contributed by atoms with Crippen LogP contribution >= 0.6 is 0 Å². The van der Waals surface area contributed by atoms with Crippen LogP contribution in [0.5, 0.6) is 0 Å². The Morgan fingerprint density at radius 2 is 2.33 bits per heavy atom. The Labute approximate surface area is 93.5 Å². The Balaban J connectivity index is 1.94. The molecule has 15 heavy (non-hydrogen) atoms. The van der Waals surface area contributed by atoms with Crippen molar-refractivity contribution >= 4 is 0 Å². The molecule has 2 atom stereocenters. The average molecular weight is 215 g/mol. The van der Waals surface area contributed by atoms with Gasteiger partial charge in [0.15, 0.2) is 0 Å². The number of likely N-dealkylation sites (N-methyl/N-ethyl adjacent to an activating group) is 1. The van der Waals surface area contributed by atoms with Crippen LogP contribution in [0.4, 0.5) is 0 Å². The lowest BCUT2D eigenvalue weighted by atomic mass is 10.1. The molecule has 3 nitrogen and oxygen atoms in total. The molecule has 0 aromatic carbocycles. The van der Waals surface area contributed by atoms with Gasteiger partial charge in [0.25, 0.3) is 0 Å². The summed E-state index contributed by atoms with van der Waals surface area (Å²) in [6.07, 6.45) is 8.09. The Morgan fingerprint density at radius 3 is 2.93 bits per heavy atom. The van der Waals surface area contributed by atoms with E-state index < -0.39 is 0 Å². The van der Waals surface area contributed by atoms with Gasteiger partial charge in [0, 0.05) is 19.8 Å². The van der Waals surface area contributed by atoms with Crippen LogP contribution < -0.4 is 5.32 Å². The summed E-state index contributed by atoms with van der Waals surface area (Å²) in [5, 5.41) is 3.28. The van der Waals surface area contributed by atoms with Crippen molar-refractivity contribution in [3.05, 3.63) is 0 Å². The quantitative estimate of drug-likeness (QED) is 0.628. The molecule has 1 heterocycles. The summed E-state index contributed by atoms with van der Waals surface area (Å²) in [4.78, 5) is 0. The fourth-order valence-corrected chi connectivity index (χ4v) is 2.15. The molecule has 1 rings (SSSR count). The van der Waals surface area contributed by atoms with Crippen molar-refractivity contribution in [2.45, 2.75) is 50.7 Å². The minimum atomic E-state index is 0.513. The largest absolute Gasteiger partial charge is 0.383 e. The van der Waals surface area contributed by atoms with Crippen LogP contribution in [-0.4, -0.2) is 39.5 Å². The van der Waals surface area contributed by atoms with E-state index in [1.54, 1.807) is 7.11 Å². The monoisotopic (exact) mass is 215 g/mol. The molecule has 0 amide bonds. The van der Waals surface area contributed by atoms with Gasteiger partial charge in [-0.2, -0.15) is 0 Å². The molecular formula is C12H25NO2. The van der Waals surface area contributed by atoms with Crippen molar-refractivity contribution in [3.8, 4) is 0 Å². The Hall–Kier alpha value is -0.120. The van der Waals surface area contributed by atoms with E-state index in [1.165, 1.54) is 38.5 Å². The molecule has 1 fully saturated rings. The summed E-state index contributed by atoms with van der Waals surface area (Å²) in [5.41, 5.74) is 0. The number of rotatable bonds is 8. The van der Waals surface area contributed by atoms with Crippen LogP contribution in [0, 0.1) is 0 Å². The number of methoxy groups -OCH3 is 1. The van der Waals surface area contributed by atoms with Crippen molar-refractivity contribution in [2.75, 3.05) is 27.4 Å². The van der Waals surface area contributed by atoms with Crippen molar-refractivity contribution in [2.24, 2.45) is 0 Å². The summed E-state index contributed by atoms with van der Waals surface area (Å²) in [6.45, 7) is 1.80. The molecule has 1 aliphatic rings. The summed E-state index contributed by atoms with van der Waals surface area (Å²) in [6, 6.07) is 0.513. The number of ether oxygens (including phenoxy) is 2. The predicted octanol–water partition coefficient (Wildman–Crippen LogP) is 1.96. The van der Waals surface area contributed by atoms with Gasteiger partial charge in [0.2, 0.25) is 0 Å². The Bertz CT molecular complexity index is 147. The van der Waals surface area contributed by atoms with Crippen molar-refractivity contribution in [1.29, 1.82) is 0 Å². The lowest BCUT2D eigenvalue weighted by Gasteiger charge is -2.15. The van der Waals surface area contributed by atoms with Crippen LogP contribution in [-0.2, 0) is 9.47 Å². The minimum Gasteiger partial charge on any atom is -0.383 e. The zero-order valence-corrected chi connectivity index (χ0v) is 10.1. The van der Waals surface area contributed by atoms with Crippen molar-refractivity contribution in [3.63, 3.8) is 0 Å². The first-order chi connectivity index (χ1) is 7.36. The van der Waals surface area contributed by atoms with Crippen LogP contribution in [0.25, 0.3) is 0 Å². The van der Waals surface area contributed by atoms with Crippen molar-refractivity contribution < 1.29 is 9.47 Å². The van der Waals surface area contributed by atoms with Gasteiger partial charge in [-0.1, -0.05) is 12.8 Å². The van der Waals surface area contributed by atoms with Gasteiger partial charge in [-0.3, -0.25) is 0 Å². The van der Waals surface area contributed by atoms with Gasteiger partial charge >= 0.3 is 0 Å². The van der Waals surface area contributed by atoms with Gasteiger partial charge in [0.1, 0.15) is 0 Å². The number of unbranched alkanes of at least 4 members (excludes halogenated alkanes) is 1. The standard InChI is InChI=1S/C12H25NO2/c1-13-11(10-14-2)6-3-4-7-12-8-5-9-15-12/h11-13H,3-10H2,1-2H3. The second-order valence-corrected chi connectivity index (χ2v) is 4.36. The van der Waals surface area contributed by atoms with E-state index in [2.05, 4.69) is 5.32 Å². The van der Waals surface area contributed by atoms with Gasteiger partial charge < -0.3 is 14.8 Å². The Morgan fingerprint density at radius 1 is 1.47 bits per heavy atom. The molecule has 3 heteroatoms. The smallest absolute Gasteiger partial charge is 0.0615 e. The fourth-order valence-electron chi connectivity index (χ4n) is 2.15. The second kappa shape index (κ2) is 8.08. The molecular weight excluding hydrogens is 190 g/mol. The first-order valence-corrected chi connectivity index (χ1v) is 6.14. The maximum atomic E-state index is 5.59. The fraction of sp³-hybridized carbons (Fsp3) is 1.00. The summed E-state index contributed by atoms with van der Waals surface area (Å²) in [5.74, 6) is 0. The molecule has 0 aliphatic carbocycles. The Kier molecular flexibility index (Phi) is 6.98. The van der Waals surface area contributed by atoms with Gasteiger partial charge in [-0.25, -0.2) is 0 Å². The third-order valence-corrected chi connectivity index (χ3v) is 3.13. The molecule has 0 aromatic heterocycles.